The molecule has 0 aliphatic rings. The minimum Gasteiger partial charge on any atom is -0.380 e. The Kier molecular flexibility index (Phi) is 4.20. The van der Waals surface area contributed by atoms with Crippen molar-refractivity contribution >= 4 is 28.0 Å². The second kappa shape index (κ2) is 6.07. The molecule has 2 aromatic rings. The standard InChI is InChI=1S/C13H11BrN4/c14-11-6-4-10(5-7-11)9-17-18-13(15)12-3-1-2-8-16-12/h1-9H,(H2,15,18)/b17-9-. The third kappa shape index (κ3) is 3.49. The molecule has 0 aliphatic carbocycles. The van der Waals surface area contributed by atoms with Crippen molar-refractivity contribution < 1.29 is 0 Å². The van der Waals surface area contributed by atoms with E-state index < -0.39 is 0 Å². The van der Waals surface area contributed by atoms with Crippen LogP contribution in [0, 0.1) is 0 Å². The van der Waals surface area contributed by atoms with Gasteiger partial charge in [0.1, 0.15) is 5.69 Å². The number of hydrogen-bond acceptors (Lipinski definition) is 3. The van der Waals surface area contributed by atoms with Crippen LogP contribution in [0.15, 0.2) is 63.3 Å². The average Bonchev–Trinajstić information content (AvgIpc) is 2.42. The normalized spacial score (nSPS) is 11.9. The van der Waals surface area contributed by atoms with Crippen LogP contribution in [0.4, 0.5) is 0 Å². The maximum atomic E-state index is 5.75. The summed E-state index contributed by atoms with van der Waals surface area (Å²) >= 11 is 3.37. The summed E-state index contributed by atoms with van der Waals surface area (Å²) in [6.45, 7) is 0. The number of hydrogen-bond donors (Lipinski definition) is 1. The molecule has 1 aromatic carbocycles. The van der Waals surface area contributed by atoms with E-state index >= 15 is 0 Å². The molecular weight excluding hydrogens is 292 g/mol. The molecule has 1 aromatic heterocycles. The van der Waals surface area contributed by atoms with Crippen molar-refractivity contribution in [3.05, 3.63) is 64.4 Å². The van der Waals surface area contributed by atoms with Gasteiger partial charge in [0.15, 0.2) is 5.84 Å². The monoisotopic (exact) mass is 302 g/mol. The molecule has 0 radical (unpaired) electrons. The second-order valence-electron chi connectivity index (χ2n) is 3.50. The van der Waals surface area contributed by atoms with Crippen molar-refractivity contribution in [2.24, 2.45) is 15.9 Å². The number of aromatic nitrogens is 1. The number of halogens is 1. The molecule has 0 unspecified atom stereocenters. The van der Waals surface area contributed by atoms with Crippen molar-refractivity contribution in [2.75, 3.05) is 0 Å². The van der Waals surface area contributed by atoms with Gasteiger partial charge in [0, 0.05) is 10.7 Å². The fourth-order valence-electron chi connectivity index (χ4n) is 1.27. The maximum absolute atomic E-state index is 5.75. The van der Waals surface area contributed by atoms with E-state index in [1.807, 2.05) is 36.4 Å². The van der Waals surface area contributed by atoms with E-state index in [9.17, 15) is 0 Å². The summed E-state index contributed by atoms with van der Waals surface area (Å²) in [5.41, 5.74) is 7.32. The number of pyridine rings is 1. The summed E-state index contributed by atoms with van der Waals surface area (Å²) in [4.78, 5) is 4.08. The van der Waals surface area contributed by atoms with Crippen LogP contribution < -0.4 is 5.73 Å². The van der Waals surface area contributed by atoms with Crippen LogP contribution in [-0.4, -0.2) is 17.0 Å². The Bertz CT molecular complexity index is 561. The summed E-state index contributed by atoms with van der Waals surface area (Å²) in [6, 6.07) is 13.2. The lowest BCUT2D eigenvalue weighted by Gasteiger charge is -1.95. The van der Waals surface area contributed by atoms with Crippen LogP contribution in [0.25, 0.3) is 0 Å². The molecule has 18 heavy (non-hydrogen) atoms. The average molecular weight is 303 g/mol. The largest absolute Gasteiger partial charge is 0.380 e. The zero-order chi connectivity index (χ0) is 12.8. The van der Waals surface area contributed by atoms with Crippen molar-refractivity contribution in [3.8, 4) is 0 Å². The summed E-state index contributed by atoms with van der Waals surface area (Å²) < 4.78 is 1.02. The molecule has 0 bridgehead atoms. The molecule has 5 heteroatoms. The first-order valence-electron chi connectivity index (χ1n) is 5.29. The summed E-state index contributed by atoms with van der Waals surface area (Å²) in [5.74, 6) is 0.295. The molecule has 0 aliphatic heterocycles. The molecule has 0 spiro atoms. The quantitative estimate of drug-likeness (QED) is 0.538. The molecule has 0 amide bonds. The first-order valence-corrected chi connectivity index (χ1v) is 6.08. The van der Waals surface area contributed by atoms with Crippen molar-refractivity contribution in [1.82, 2.24) is 4.98 Å². The maximum Gasteiger partial charge on any atom is 0.171 e. The van der Waals surface area contributed by atoms with Gasteiger partial charge in [-0.15, -0.1) is 5.10 Å². The fraction of sp³-hybridized carbons (Fsp3) is 0. The van der Waals surface area contributed by atoms with Gasteiger partial charge in [-0.25, -0.2) is 0 Å². The SMILES string of the molecule is N/C(=N/N=C\c1ccc(Br)cc1)c1ccccn1. The van der Waals surface area contributed by atoms with Crippen LogP contribution >= 0.6 is 15.9 Å². The molecule has 2 rings (SSSR count). The lowest BCUT2D eigenvalue weighted by atomic mass is 10.2. The Labute approximate surface area is 113 Å². The van der Waals surface area contributed by atoms with Crippen LogP contribution in [0.1, 0.15) is 11.3 Å². The molecule has 4 nitrogen and oxygen atoms in total. The van der Waals surface area contributed by atoms with Gasteiger partial charge < -0.3 is 5.73 Å². The van der Waals surface area contributed by atoms with Crippen LogP contribution in [0.2, 0.25) is 0 Å². The fourth-order valence-corrected chi connectivity index (χ4v) is 1.54. The Morgan fingerprint density at radius 3 is 2.61 bits per heavy atom. The molecule has 2 N–H and O–H groups in total. The van der Waals surface area contributed by atoms with Crippen LogP contribution in [-0.2, 0) is 0 Å². The number of amidine groups is 1. The van der Waals surface area contributed by atoms with Crippen LogP contribution in [0.3, 0.4) is 0 Å². The van der Waals surface area contributed by atoms with Crippen LogP contribution in [0.5, 0.6) is 0 Å². The zero-order valence-corrected chi connectivity index (χ0v) is 11.1. The third-order valence-corrected chi connectivity index (χ3v) is 2.70. The minimum absolute atomic E-state index is 0.295. The van der Waals surface area contributed by atoms with E-state index in [-0.39, 0.29) is 0 Å². The molecule has 0 saturated heterocycles. The summed E-state index contributed by atoms with van der Waals surface area (Å²) in [7, 11) is 0. The van der Waals surface area contributed by atoms with E-state index in [0.717, 1.165) is 10.0 Å². The van der Waals surface area contributed by atoms with Gasteiger partial charge in [-0.2, -0.15) is 5.10 Å². The Balaban J connectivity index is 2.08. The summed E-state index contributed by atoms with van der Waals surface area (Å²) in [5, 5.41) is 7.83. The van der Waals surface area contributed by atoms with Gasteiger partial charge in [-0.05, 0) is 29.8 Å². The van der Waals surface area contributed by atoms with E-state index in [2.05, 4.69) is 31.1 Å². The Morgan fingerprint density at radius 2 is 1.94 bits per heavy atom. The van der Waals surface area contributed by atoms with Gasteiger partial charge in [0.2, 0.25) is 0 Å². The highest BCUT2D eigenvalue weighted by Crippen LogP contribution is 2.09. The van der Waals surface area contributed by atoms with Crippen molar-refractivity contribution in [1.29, 1.82) is 0 Å². The minimum atomic E-state index is 0.295. The van der Waals surface area contributed by atoms with Crippen molar-refractivity contribution in [2.45, 2.75) is 0 Å². The topological polar surface area (TPSA) is 63.6 Å². The number of nitrogens with two attached hydrogens (primary N) is 1. The van der Waals surface area contributed by atoms with E-state index in [1.165, 1.54) is 0 Å². The lowest BCUT2D eigenvalue weighted by Crippen LogP contribution is -2.14. The zero-order valence-electron chi connectivity index (χ0n) is 9.49. The number of nitrogens with zero attached hydrogens (tertiary/aromatic N) is 3. The van der Waals surface area contributed by atoms with Gasteiger partial charge in [0.05, 0.1) is 6.21 Å². The Hall–Kier alpha value is -2.01. The highest BCUT2D eigenvalue weighted by Gasteiger charge is 1.96. The van der Waals surface area contributed by atoms with Crippen molar-refractivity contribution in [3.63, 3.8) is 0 Å². The predicted octanol–water partition coefficient (Wildman–Crippen LogP) is 2.58. The predicted molar refractivity (Wildman–Crippen MR) is 76.7 cm³/mol. The Morgan fingerprint density at radius 1 is 1.17 bits per heavy atom. The summed E-state index contributed by atoms with van der Waals surface area (Å²) in [6.07, 6.45) is 3.30. The number of benzene rings is 1. The van der Waals surface area contributed by atoms with Gasteiger partial charge in [-0.3, -0.25) is 4.98 Å². The molecule has 1 heterocycles. The smallest absolute Gasteiger partial charge is 0.171 e. The first-order chi connectivity index (χ1) is 8.75. The molecular formula is C13H11BrN4. The molecule has 0 atom stereocenters. The van der Waals surface area contributed by atoms with E-state index in [0.29, 0.717) is 11.5 Å². The third-order valence-electron chi connectivity index (χ3n) is 2.17. The lowest BCUT2D eigenvalue weighted by molar-refractivity contribution is 1.20. The number of rotatable bonds is 3. The van der Waals surface area contributed by atoms with E-state index in [4.69, 9.17) is 5.73 Å². The van der Waals surface area contributed by atoms with E-state index in [1.54, 1.807) is 18.5 Å². The molecule has 0 fully saturated rings. The molecule has 90 valence electrons. The second-order valence-corrected chi connectivity index (χ2v) is 4.41. The highest BCUT2D eigenvalue weighted by molar-refractivity contribution is 9.10. The molecule has 0 saturated carbocycles. The highest BCUT2D eigenvalue weighted by atomic mass is 79.9. The van der Waals surface area contributed by atoms with Gasteiger partial charge >= 0.3 is 0 Å². The van der Waals surface area contributed by atoms with Gasteiger partial charge in [-0.1, -0.05) is 34.1 Å². The first kappa shape index (κ1) is 12.4. The van der Waals surface area contributed by atoms with Gasteiger partial charge in [0.25, 0.3) is 0 Å².